The molecule has 0 atom stereocenters. The largest absolute Gasteiger partial charge is 0.356 e. The van der Waals surface area contributed by atoms with Crippen molar-refractivity contribution in [2.45, 2.75) is 47.0 Å². The molecule has 0 aromatic carbocycles. The minimum Gasteiger partial charge on any atom is -0.356 e. The molecule has 0 saturated carbocycles. The summed E-state index contributed by atoms with van der Waals surface area (Å²) in [5.74, 6) is 0.865. The van der Waals surface area contributed by atoms with Gasteiger partial charge in [0, 0.05) is 38.4 Å². The van der Waals surface area contributed by atoms with Gasteiger partial charge < -0.3 is 10.2 Å². The van der Waals surface area contributed by atoms with E-state index in [4.69, 9.17) is 0 Å². The van der Waals surface area contributed by atoms with Crippen LogP contribution in [0.3, 0.4) is 0 Å². The van der Waals surface area contributed by atoms with Gasteiger partial charge in [0.25, 0.3) is 5.91 Å². The molecule has 24 heavy (non-hydrogen) atoms. The summed E-state index contributed by atoms with van der Waals surface area (Å²) in [4.78, 5) is 34.2. The van der Waals surface area contributed by atoms with Gasteiger partial charge in [0.15, 0.2) is 0 Å². The van der Waals surface area contributed by atoms with Crippen LogP contribution >= 0.6 is 0 Å². The Kier molecular flexibility index (Phi) is 8.97. The van der Waals surface area contributed by atoms with E-state index in [1.165, 1.54) is 18.6 Å². The van der Waals surface area contributed by atoms with Crippen LogP contribution in [0.1, 0.15) is 57.4 Å². The first kappa shape index (κ1) is 20.1. The first-order valence-corrected chi connectivity index (χ1v) is 8.72. The number of nitrogens with one attached hydrogen (secondary N) is 1. The van der Waals surface area contributed by atoms with Crippen molar-refractivity contribution in [1.82, 2.24) is 20.2 Å². The molecule has 0 fully saturated rings. The number of amides is 2. The molecule has 0 aliphatic carbocycles. The summed E-state index contributed by atoms with van der Waals surface area (Å²) in [6, 6.07) is 0. The second-order valence-corrected chi connectivity index (χ2v) is 6.85. The van der Waals surface area contributed by atoms with Crippen LogP contribution in [0.2, 0.25) is 0 Å². The van der Waals surface area contributed by atoms with Gasteiger partial charge in [0.05, 0.1) is 6.20 Å². The van der Waals surface area contributed by atoms with Crippen molar-refractivity contribution in [3.8, 4) is 0 Å². The number of carbonyl (C=O) groups excluding carboxylic acids is 2. The van der Waals surface area contributed by atoms with E-state index in [1.54, 1.807) is 4.90 Å². The summed E-state index contributed by atoms with van der Waals surface area (Å²) >= 11 is 0. The van der Waals surface area contributed by atoms with Crippen molar-refractivity contribution < 1.29 is 9.59 Å². The third kappa shape index (κ3) is 8.04. The number of carbonyl (C=O) groups is 2. The lowest BCUT2D eigenvalue weighted by Crippen LogP contribution is -2.37. The van der Waals surface area contributed by atoms with Crippen molar-refractivity contribution in [3.05, 3.63) is 24.3 Å². The molecule has 0 spiro atoms. The highest BCUT2D eigenvalue weighted by molar-refractivity contribution is 5.92. The molecular formula is C18H30N4O2. The SMILES string of the molecule is CC(C)CCNC(=O)CCN(CCC(C)C)C(=O)c1cnccn1. The second kappa shape index (κ2) is 10.7. The number of nitrogens with zero attached hydrogens (tertiary/aromatic N) is 3. The number of hydrogen-bond acceptors (Lipinski definition) is 4. The molecular weight excluding hydrogens is 304 g/mol. The molecule has 2 amide bonds. The molecule has 1 aromatic rings. The third-order valence-electron chi connectivity index (χ3n) is 3.70. The van der Waals surface area contributed by atoms with Gasteiger partial charge in [-0.15, -0.1) is 0 Å². The molecule has 6 heteroatoms. The van der Waals surface area contributed by atoms with Gasteiger partial charge in [-0.1, -0.05) is 27.7 Å². The van der Waals surface area contributed by atoms with Crippen LogP contribution in [-0.2, 0) is 4.79 Å². The lowest BCUT2D eigenvalue weighted by Gasteiger charge is -2.23. The first-order chi connectivity index (χ1) is 11.4. The Bertz CT molecular complexity index is 503. The number of hydrogen-bond donors (Lipinski definition) is 1. The monoisotopic (exact) mass is 334 g/mol. The average Bonchev–Trinajstić information content (AvgIpc) is 2.54. The fraction of sp³-hybridized carbons (Fsp3) is 0.667. The van der Waals surface area contributed by atoms with E-state index in [0.717, 1.165) is 12.8 Å². The summed E-state index contributed by atoms with van der Waals surface area (Å²) in [7, 11) is 0. The van der Waals surface area contributed by atoms with Crippen LogP contribution < -0.4 is 5.32 Å². The molecule has 0 radical (unpaired) electrons. The van der Waals surface area contributed by atoms with Crippen LogP contribution in [0, 0.1) is 11.8 Å². The van der Waals surface area contributed by atoms with Gasteiger partial charge in [0.1, 0.15) is 5.69 Å². The Balaban J connectivity index is 2.56. The topological polar surface area (TPSA) is 75.2 Å². The molecule has 1 aromatic heterocycles. The second-order valence-electron chi connectivity index (χ2n) is 6.85. The normalized spacial score (nSPS) is 10.9. The Morgan fingerprint density at radius 3 is 2.38 bits per heavy atom. The van der Waals surface area contributed by atoms with E-state index < -0.39 is 0 Å². The molecule has 134 valence electrons. The Morgan fingerprint density at radius 1 is 1.08 bits per heavy atom. The molecule has 0 saturated heterocycles. The summed E-state index contributed by atoms with van der Waals surface area (Å²) in [5.41, 5.74) is 0.321. The Morgan fingerprint density at radius 2 is 1.79 bits per heavy atom. The Hall–Kier alpha value is -1.98. The van der Waals surface area contributed by atoms with Crippen LogP contribution in [0.15, 0.2) is 18.6 Å². The molecule has 1 N–H and O–H groups in total. The van der Waals surface area contributed by atoms with Crippen molar-refractivity contribution in [2.75, 3.05) is 19.6 Å². The first-order valence-electron chi connectivity index (χ1n) is 8.72. The molecule has 0 bridgehead atoms. The van der Waals surface area contributed by atoms with E-state index in [-0.39, 0.29) is 11.8 Å². The maximum Gasteiger partial charge on any atom is 0.274 e. The molecule has 1 rings (SSSR count). The van der Waals surface area contributed by atoms with E-state index in [1.807, 2.05) is 0 Å². The van der Waals surface area contributed by atoms with Gasteiger partial charge in [-0.25, -0.2) is 4.98 Å². The van der Waals surface area contributed by atoms with Crippen LogP contribution in [0.25, 0.3) is 0 Å². The van der Waals surface area contributed by atoms with Crippen LogP contribution in [-0.4, -0.2) is 46.3 Å². The average molecular weight is 334 g/mol. The summed E-state index contributed by atoms with van der Waals surface area (Å²) in [6.45, 7) is 10.2. The van der Waals surface area contributed by atoms with Crippen molar-refractivity contribution in [1.29, 1.82) is 0 Å². The lowest BCUT2D eigenvalue weighted by molar-refractivity contribution is -0.121. The molecule has 1 heterocycles. The molecule has 6 nitrogen and oxygen atoms in total. The quantitative estimate of drug-likeness (QED) is 0.713. The van der Waals surface area contributed by atoms with E-state index in [0.29, 0.717) is 43.6 Å². The van der Waals surface area contributed by atoms with Gasteiger partial charge in [-0.2, -0.15) is 0 Å². The highest BCUT2D eigenvalue weighted by atomic mass is 16.2. The number of rotatable bonds is 10. The minimum absolute atomic E-state index is 0.0165. The molecule has 0 aliphatic rings. The zero-order valence-electron chi connectivity index (χ0n) is 15.3. The van der Waals surface area contributed by atoms with Gasteiger partial charge in [-0.05, 0) is 24.7 Å². The van der Waals surface area contributed by atoms with Crippen LogP contribution in [0.4, 0.5) is 0 Å². The predicted octanol–water partition coefficient (Wildman–Crippen LogP) is 2.52. The fourth-order valence-electron chi connectivity index (χ4n) is 2.13. The number of aromatic nitrogens is 2. The zero-order valence-corrected chi connectivity index (χ0v) is 15.3. The highest BCUT2D eigenvalue weighted by Crippen LogP contribution is 2.07. The Labute approximate surface area is 145 Å². The van der Waals surface area contributed by atoms with Crippen molar-refractivity contribution >= 4 is 11.8 Å². The van der Waals surface area contributed by atoms with Gasteiger partial charge in [-0.3, -0.25) is 14.6 Å². The summed E-state index contributed by atoms with van der Waals surface area (Å²) < 4.78 is 0. The van der Waals surface area contributed by atoms with E-state index >= 15 is 0 Å². The lowest BCUT2D eigenvalue weighted by atomic mass is 10.1. The van der Waals surface area contributed by atoms with Gasteiger partial charge >= 0.3 is 0 Å². The van der Waals surface area contributed by atoms with Crippen molar-refractivity contribution in [3.63, 3.8) is 0 Å². The summed E-state index contributed by atoms with van der Waals surface area (Å²) in [6.07, 6.45) is 6.67. The highest BCUT2D eigenvalue weighted by Gasteiger charge is 2.18. The maximum atomic E-state index is 12.6. The standard InChI is InChI=1S/C18H30N4O2/c1-14(2)5-8-21-17(23)7-12-22(11-6-15(3)4)18(24)16-13-19-9-10-20-16/h9-10,13-15H,5-8,11-12H2,1-4H3,(H,21,23). The van der Waals surface area contributed by atoms with Gasteiger partial charge in [0.2, 0.25) is 5.91 Å². The van der Waals surface area contributed by atoms with E-state index in [9.17, 15) is 9.59 Å². The van der Waals surface area contributed by atoms with Crippen molar-refractivity contribution in [2.24, 2.45) is 11.8 Å². The summed E-state index contributed by atoms with van der Waals surface area (Å²) in [5, 5.41) is 2.91. The third-order valence-corrected chi connectivity index (χ3v) is 3.70. The van der Waals surface area contributed by atoms with Crippen LogP contribution in [0.5, 0.6) is 0 Å². The predicted molar refractivity (Wildman–Crippen MR) is 94.5 cm³/mol. The fourth-order valence-corrected chi connectivity index (χ4v) is 2.13. The zero-order chi connectivity index (χ0) is 17.9. The van der Waals surface area contributed by atoms with E-state index in [2.05, 4.69) is 43.0 Å². The molecule has 0 unspecified atom stereocenters. The smallest absolute Gasteiger partial charge is 0.274 e. The maximum absolute atomic E-state index is 12.6. The minimum atomic E-state index is -0.168. The molecule has 0 aliphatic heterocycles.